The fraction of sp³-hybridized carbons (Fsp3) is 1.00. The minimum atomic E-state index is 0.529. The second kappa shape index (κ2) is 7.99. The van der Waals surface area contributed by atoms with E-state index in [-0.39, 0.29) is 0 Å². The molecule has 0 unspecified atom stereocenters. The Morgan fingerprint density at radius 3 is 1.33 bits per heavy atom. The van der Waals surface area contributed by atoms with Crippen molar-refractivity contribution in [3.8, 4) is 0 Å². The molecule has 1 heteroatoms. The SMILES string of the molecule is CC(C)(C)C1CCCCC1.CN1CCC(C(C)(C)C)CC1. The van der Waals surface area contributed by atoms with Crippen LogP contribution < -0.4 is 0 Å². The van der Waals surface area contributed by atoms with Gasteiger partial charge in [0.15, 0.2) is 0 Å². The van der Waals surface area contributed by atoms with Gasteiger partial charge in [0.25, 0.3) is 0 Å². The van der Waals surface area contributed by atoms with Crippen molar-refractivity contribution in [1.29, 1.82) is 0 Å². The van der Waals surface area contributed by atoms with Gasteiger partial charge < -0.3 is 4.90 Å². The third-order valence-corrected chi connectivity index (χ3v) is 5.77. The monoisotopic (exact) mass is 295 g/mol. The van der Waals surface area contributed by atoms with Gasteiger partial charge in [-0.2, -0.15) is 0 Å². The Balaban J connectivity index is 0.000000211. The summed E-state index contributed by atoms with van der Waals surface area (Å²) in [5.74, 6) is 1.94. The van der Waals surface area contributed by atoms with Crippen molar-refractivity contribution < 1.29 is 0 Å². The summed E-state index contributed by atoms with van der Waals surface area (Å²) in [6.07, 6.45) is 10.2. The van der Waals surface area contributed by atoms with E-state index in [0.29, 0.717) is 10.8 Å². The average Bonchev–Trinajstić information content (AvgIpc) is 2.39. The van der Waals surface area contributed by atoms with E-state index < -0.39 is 0 Å². The van der Waals surface area contributed by atoms with Crippen LogP contribution >= 0.6 is 0 Å². The summed E-state index contributed by atoms with van der Waals surface area (Å²) in [5, 5.41) is 0. The van der Waals surface area contributed by atoms with Crippen LogP contribution in [0.5, 0.6) is 0 Å². The topological polar surface area (TPSA) is 3.24 Å². The summed E-state index contributed by atoms with van der Waals surface area (Å²) in [5.41, 5.74) is 1.10. The third-order valence-electron chi connectivity index (χ3n) is 5.77. The third kappa shape index (κ3) is 7.17. The lowest BCUT2D eigenvalue weighted by Crippen LogP contribution is -2.35. The number of hydrogen-bond donors (Lipinski definition) is 0. The van der Waals surface area contributed by atoms with Crippen LogP contribution in [0.15, 0.2) is 0 Å². The zero-order valence-electron chi connectivity index (χ0n) is 16.0. The smallest absolute Gasteiger partial charge is 0.00189 e. The van der Waals surface area contributed by atoms with Crippen LogP contribution in [0, 0.1) is 22.7 Å². The first-order chi connectivity index (χ1) is 9.60. The van der Waals surface area contributed by atoms with E-state index in [4.69, 9.17) is 0 Å². The number of likely N-dealkylation sites (tertiary alicyclic amines) is 1. The van der Waals surface area contributed by atoms with Crippen molar-refractivity contribution in [2.45, 2.75) is 86.5 Å². The number of piperidine rings is 1. The molecular weight excluding hydrogens is 254 g/mol. The molecule has 0 spiro atoms. The van der Waals surface area contributed by atoms with Crippen LogP contribution in [0.4, 0.5) is 0 Å². The summed E-state index contributed by atoms with van der Waals surface area (Å²) in [7, 11) is 2.22. The second-order valence-corrected chi connectivity index (χ2v) is 9.64. The zero-order chi connectivity index (χ0) is 16.1. The summed E-state index contributed by atoms with van der Waals surface area (Å²) in [4.78, 5) is 2.43. The maximum absolute atomic E-state index is 2.43. The molecule has 0 atom stereocenters. The van der Waals surface area contributed by atoms with Gasteiger partial charge in [-0.15, -0.1) is 0 Å². The fourth-order valence-electron chi connectivity index (χ4n) is 3.84. The van der Waals surface area contributed by atoms with Crippen LogP contribution in [0.2, 0.25) is 0 Å². The predicted octanol–water partition coefficient (Wildman–Crippen LogP) is 5.99. The van der Waals surface area contributed by atoms with Crippen LogP contribution in [0.25, 0.3) is 0 Å². The molecule has 0 radical (unpaired) electrons. The molecule has 0 N–H and O–H groups in total. The van der Waals surface area contributed by atoms with E-state index in [9.17, 15) is 0 Å². The quantitative estimate of drug-likeness (QED) is 0.531. The molecule has 0 amide bonds. The van der Waals surface area contributed by atoms with Crippen LogP contribution in [0.3, 0.4) is 0 Å². The molecular formula is C20H41N. The summed E-state index contributed by atoms with van der Waals surface area (Å²) in [6, 6.07) is 0. The molecule has 0 aromatic carbocycles. The Hall–Kier alpha value is -0.0400. The molecule has 2 fully saturated rings. The van der Waals surface area contributed by atoms with Crippen molar-refractivity contribution in [3.63, 3.8) is 0 Å². The molecule has 1 saturated heterocycles. The molecule has 1 nitrogen and oxygen atoms in total. The van der Waals surface area contributed by atoms with Crippen molar-refractivity contribution in [2.24, 2.45) is 22.7 Å². The van der Waals surface area contributed by atoms with Crippen LogP contribution in [0.1, 0.15) is 86.5 Å². The van der Waals surface area contributed by atoms with E-state index in [2.05, 4.69) is 53.5 Å². The molecule has 126 valence electrons. The molecule has 2 rings (SSSR count). The summed E-state index contributed by atoms with van der Waals surface area (Å²) >= 11 is 0. The van der Waals surface area contributed by atoms with Gasteiger partial charge in [-0.05, 0) is 68.5 Å². The zero-order valence-corrected chi connectivity index (χ0v) is 16.0. The van der Waals surface area contributed by atoms with Crippen LogP contribution in [-0.4, -0.2) is 25.0 Å². The summed E-state index contributed by atoms with van der Waals surface area (Å²) < 4.78 is 0. The lowest BCUT2D eigenvalue weighted by molar-refractivity contribution is 0.129. The van der Waals surface area contributed by atoms with E-state index >= 15 is 0 Å². The maximum Gasteiger partial charge on any atom is -0.00189 e. The van der Waals surface area contributed by atoms with E-state index in [1.807, 2.05) is 0 Å². The Labute approximate surface area is 134 Å². The standard InChI is InChI=1S/C10H21N.C10H20/c1-10(2,3)9-5-7-11(4)8-6-9;1-10(2,3)9-7-5-4-6-8-9/h9H,5-8H2,1-4H3;9H,4-8H2,1-3H3. The molecule has 0 bridgehead atoms. The van der Waals surface area contributed by atoms with E-state index in [0.717, 1.165) is 11.8 Å². The lowest BCUT2D eigenvalue weighted by atomic mass is 9.72. The molecule has 21 heavy (non-hydrogen) atoms. The van der Waals surface area contributed by atoms with Crippen molar-refractivity contribution in [1.82, 2.24) is 4.90 Å². The Morgan fingerprint density at radius 2 is 1.00 bits per heavy atom. The first-order valence-electron chi connectivity index (χ1n) is 9.29. The van der Waals surface area contributed by atoms with Gasteiger partial charge in [0.2, 0.25) is 0 Å². The highest BCUT2D eigenvalue weighted by Crippen LogP contribution is 2.37. The average molecular weight is 296 g/mol. The number of rotatable bonds is 0. The predicted molar refractivity (Wildman–Crippen MR) is 95.7 cm³/mol. The van der Waals surface area contributed by atoms with Gasteiger partial charge in [-0.1, -0.05) is 60.8 Å². The lowest BCUT2D eigenvalue weighted by Gasteiger charge is -2.37. The molecule has 1 heterocycles. The summed E-state index contributed by atoms with van der Waals surface area (Å²) in [6.45, 7) is 16.8. The van der Waals surface area contributed by atoms with Crippen LogP contribution in [-0.2, 0) is 0 Å². The van der Waals surface area contributed by atoms with Gasteiger partial charge in [-0.25, -0.2) is 0 Å². The van der Waals surface area contributed by atoms with Gasteiger partial charge in [-0.3, -0.25) is 0 Å². The molecule has 1 aliphatic heterocycles. The highest BCUT2D eigenvalue weighted by Gasteiger charge is 2.27. The fourth-order valence-corrected chi connectivity index (χ4v) is 3.84. The first-order valence-corrected chi connectivity index (χ1v) is 9.29. The minimum absolute atomic E-state index is 0.529. The maximum atomic E-state index is 2.43. The minimum Gasteiger partial charge on any atom is -0.306 e. The van der Waals surface area contributed by atoms with E-state index in [1.165, 1.54) is 58.0 Å². The Kier molecular flexibility index (Phi) is 7.24. The number of nitrogens with zero attached hydrogens (tertiary/aromatic N) is 1. The highest BCUT2D eigenvalue weighted by molar-refractivity contribution is 4.79. The molecule has 1 aliphatic carbocycles. The highest BCUT2D eigenvalue weighted by atomic mass is 15.1. The van der Waals surface area contributed by atoms with Crippen molar-refractivity contribution in [2.75, 3.05) is 20.1 Å². The van der Waals surface area contributed by atoms with Crippen molar-refractivity contribution >= 4 is 0 Å². The number of hydrogen-bond acceptors (Lipinski definition) is 1. The molecule has 0 aromatic rings. The Morgan fingerprint density at radius 1 is 0.619 bits per heavy atom. The van der Waals surface area contributed by atoms with Gasteiger partial charge in [0.1, 0.15) is 0 Å². The molecule has 1 saturated carbocycles. The first kappa shape index (κ1) is 19.0. The Bertz CT molecular complexity index is 267. The normalized spacial score (nSPS) is 23.6. The van der Waals surface area contributed by atoms with E-state index in [1.54, 1.807) is 0 Å². The molecule has 0 aromatic heterocycles. The largest absolute Gasteiger partial charge is 0.306 e. The molecule has 2 aliphatic rings. The van der Waals surface area contributed by atoms with Gasteiger partial charge in [0, 0.05) is 0 Å². The van der Waals surface area contributed by atoms with Gasteiger partial charge >= 0.3 is 0 Å². The van der Waals surface area contributed by atoms with Gasteiger partial charge in [0.05, 0.1) is 0 Å². The van der Waals surface area contributed by atoms with Crippen molar-refractivity contribution in [3.05, 3.63) is 0 Å². The second-order valence-electron chi connectivity index (χ2n) is 9.64.